The molecule has 116 valence electrons. The van der Waals surface area contributed by atoms with E-state index in [2.05, 4.69) is 5.32 Å². The first-order chi connectivity index (χ1) is 10.5. The highest BCUT2D eigenvalue weighted by atomic mass is 35.5. The molecule has 0 unspecified atom stereocenters. The summed E-state index contributed by atoms with van der Waals surface area (Å²) in [5.41, 5.74) is 1.91. The lowest BCUT2D eigenvalue weighted by Gasteiger charge is -2.13. The predicted octanol–water partition coefficient (Wildman–Crippen LogP) is 4.57. The van der Waals surface area contributed by atoms with Gasteiger partial charge in [0.25, 0.3) is 5.91 Å². The fourth-order valence-electron chi connectivity index (χ4n) is 1.97. The van der Waals surface area contributed by atoms with E-state index in [1.165, 1.54) is 20.3 Å². The molecule has 0 saturated heterocycles. The summed E-state index contributed by atoms with van der Waals surface area (Å²) in [6.45, 7) is 1.88. The van der Waals surface area contributed by atoms with Crippen molar-refractivity contribution in [2.75, 3.05) is 19.5 Å². The quantitative estimate of drug-likeness (QED) is 0.887. The minimum Gasteiger partial charge on any atom is -0.493 e. The van der Waals surface area contributed by atoms with Crippen LogP contribution in [0.15, 0.2) is 30.3 Å². The molecule has 22 heavy (non-hydrogen) atoms. The van der Waals surface area contributed by atoms with Gasteiger partial charge in [0.05, 0.1) is 19.2 Å². The molecule has 0 saturated carbocycles. The summed E-state index contributed by atoms with van der Waals surface area (Å²) in [4.78, 5) is 12.4. The van der Waals surface area contributed by atoms with Gasteiger partial charge in [-0.05, 0) is 36.8 Å². The zero-order valence-electron chi connectivity index (χ0n) is 12.4. The molecule has 0 radical (unpaired) electrons. The second-order valence-corrected chi connectivity index (χ2v) is 5.45. The molecule has 2 rings (SSSR count). The Morgan fingerprint density at radius 3 is 2.45 bits per heavy atom. The van der Waals surface area contributed by atoms with Crippen molar-refractivity contribution in [1.29, 1.82) is 0 Å². The molecule has 1 amide bonds. The van der Waals surface area contributed by atoms with Crippen LogP contribution in [0.25, 0.3) is 0 Å². The van der Waals surface area contributed by atoms with Gasteiger partial charge in [-0.3, -0.25) is 4.79 Å². The van der Waals surface area contributed by atoms with Gasteiger partial charge in [-0.25, -0.2) is 0 Å². The Morgan fingerprint density at radius 1 is 1.09 bits per heavy atom. The summed E-state index contributed by atoms with van der Waals surface area (Å²) in [6, 6.07) is 8.38. The van der Waals surface area contributed by atoms with Crippen LogP contribution in [-0.2, 0) is 0 Å². The number of halogens is 2. The first-order valence-electron chi connectivity index (χ1n) is 6.45. The number of rotatable bonds is 4. The van der Waals surface area contributed by atoms with Crippen molar-refractivity contribution in [2.24, 2.45) is 0 Å². The maximum atomic E-state index is 12.4. The average molecular weight is 340 g/mol. The van der Waals surface area contributed by atoms with Gasteiger partial charge in [0.2, 0.25) is 0 Å². The van der Waals surface area contributed by atoms with Crippen LogP contribution < -0.4 is 14.8 Å². The van der Waals surface area contributed by atoms with Crippen LogP contribution >= 0.6 is 23.2 Å². The number of carbonyl (C=O) groups is 1. The van der Waals surface area contributed by atoms with Gasteiger partial charge >= 0.3 is 0 Å². The first kappa shape index (κ1) is 16.5. The minimum atomic E-state index is -0.312. The van der Waals surface area contributed by atoms with Crippen LogP contribution in [-0.4, -0.2) is 20.1 Å². The topological polar surface area (TPSA) is 47.6 Å². The maximum Gasteiger partial charge on any atom is 0.255 e. The van der Waals surface area contributed by atoms with Gasteiger partial charge in [0.15, 0.2) is 11.5 Å². The number of benzene rings is 2. The van der Waals surface area contributed by atoms with Crippen molar-refractivity contribution in [3.63, 3.8) is 0 Å². The Morgan fingerprint density at radius 2 is 1.82 bits per heavy atom. The lowest BCUT2D eigenvalue weighted by molar-refractivity contribution is 0.102. The molecule has 1 N–H and O–H groups in total. The Labute approximate surface area is 138 Å². The molecule has 0 aliphatic carbocycles. The Bertz CT molecular complexity index is 717. The van der Waals surface area contributed by atoms with Gasteiger partial charge in [0, 0.05) is 16.3 Å². The SMILES string of the molecule is COc1cc(C(=O)Nc2cc(Cl)ccc2C)cc(Cl)c1OC. The molecular weight excluding hydrogens is 325 g/mol. The highest BCUT2D eigenvalue weighted by Gasteiger charge is 2.16. The number of amides is 1. The van der Waals surface area contributed by atoms with Gasteiger partial charge in [-0.15, -0.1) is 0 Å². The summed E-state index contributed by atoms with van der Waals surface area (Å²) in [6.07, 6.45) is 0. The van der Waals surface area contributed by atoms with E-state index in [9.17, 15) is 4.79 Å². The van der Waals surface area contributed by atoms with E-state index < -0.39 is 0 Å². The number of carbonyl (C=O) groups excluding carboxylic acids is 1. The third kappa shape index (κ3) is 3.46. The van der Waals surface area contributed by atoms with E-state index in [-0.39, 0.29) is 5.91 Å². The van der Waals surface area contributed by atoms with Crippen molar-refractivity contribution >= 4 is 34.8 Å². The third-order valence-electron chi connectivity index (χ3n) is 3.14. The van der Waals surface area contributed by atoms with E-state index in [1.807, 2.05) is 13.0 Å². The van der Waals surface area contributed by atoms with Gasteiger partial charge < -0.3 is 14.8 Å². The maximum absolute atomic E-state index is 12.4. The highest BCUT2D eigenvalue weighted by Crippen LogP contribution is 2.36. The summed E-state index contributed by atoms with van der Waals surface area (Å²) < 4.78 is 10.3. The molecule has 0 aliphatic heterocycles. The van der Waals surface area contributed by atoms with Crippen LogP contribution in [0, 0.1) is 6.92 Å². The molecule has 0 aromatic heterocycles. The molecule has 0 atom stereocenters. The van der Waals surface area contributed by atoms with Gasteiger partial charge in [0.1, 0.15) is 0 Å². The lowest BCUT2D eigenvalue weighted by Crippen LogP contribution is -2.13. The number of ether oxygens (including phenoxy) is 2. The average Bonchev–Trinajstić information content (AvgIpc) is 2.49. The number of nitrogens with one attached hydrogen (secondary N) is 1. The number of hydrogen-bond acceptors (Lipinski definition) is 3. The molecule has 0 bridgehead atoms. The van der Waals surface area contributed by atoms with Crippen molar-refractivity contribution in [1.82, 2.24) is 0 Å². The molecule has 2 aromatic rings. The third-order valence-corrected chi connectivity index (χ3v) is 3.66. The fraction of sp³-hybridized carbons (Fsp3) is 0.188. The molecule has 0 fully saturated rings. The number of hydrogen-bond donors (Lipinski definition) is 1. The van der Waals surface area contributed by atoms with Crippen molar-refractivity contribution in [3.05, 3.63) is 51.5 Å². The molecule has 0 spiro atoms. The smallest absolute Gasteiger partial charge is 0.255 e. The summed E-state index contributed by atoms with van der Waals surface area (Å²) in [5, 5.41) is 3.65. The van der Waals surface area contributed by atoms with E-state index in [0.29, 0.717) is 32.8 Å². The Balaban J connectivity index is 2.34. The molecule has 6 heteroatoms. The fourth-order valence-corrected chi connectivity index (χ4v) is 2.43. The Hall–Kier alpha value is -1.91. The second kappa shape index (κ2) is 6.90. The van der Waals surface area contributed by atoms with E-state index in [4.69, 9.17) is 32.7 Å². The van der Waals surface area contributed by atoms with Gasteiger partial charge in [-0.2, -0.15) is 0 Å². The summed E-state index contributed by atoms with van der Waals surface area (Å²) in [7, 11) is 2.97. The van der Waals surface area contributed by atoms with E-state index in [0.717, 1.165) is 5.56 Å². The van der Waals surface area contributed by atoms with Crippen LogP contribution in [0.1, 0.15) is 15.9 Å². The monoisotopic (exact) mass is 339 g/mol. The largest absolute Gasteiger partial charge is 0.493 e. The number of aryl methyl sites for hydroxylation is 1. The highest BCUT2D eigenvalue weighted by molar-refractivity contribution is 6.33. The second-order valence-electron chi connectivity index (χ2n) is 4.61. The molecule has 0 aliphatic rings. The summed E-state index contributed by atoms with van der Waals surface area (Å²) in [5.74, 6) is 0.468. The molecule has 0 heterocycles. The standard InChI is InChI=1S/C16H15Cl2NO3/c1-9-4-5-11(17)8-13(9)19-16(20)10-6-12(18)15(22-3)14(7-10)21-2/h4-8H,1-3H3,(H,19,20). The van der Waals surface area contributed by atoms with Crippen LogP contribution in [0.5, 0.6) is 11.5 Å². The minimum absolute atomic E-state index is 0.301. The molecular formula is C16H15Cl2NO3. The number of anilines is 1. The zero-order valence-corrected chi connectivity index (χ0v) is 13.9. The molecule has 4 nitrogen and oxygen atoms in total. The predicted molar refractivity (Wildman–Crippen MR) is 88.7 cm³/mol. The number of methoxy groups -OCH3 is 2. The van der Waals surface area contributed by atoms with Crippen LogP contribution in [0.3, 0.4) is 0 Å². The van der Waals surface area contributed by atoms with Crippen LogP contribution in [0.2, 0.25) is 10.0 Å². The summed E-state index contributed by atoms with van der Waals surface area (Å²) >= 11 is 12.1. The first-order valence-corrected chi connectivity index (χ1v) is 7.21. The van der Waals surface area contributed by atoms with E-state index in [1.54, 1.807) is 18.2 Å². The van der Waals surface area contributed by atoms with Gasteiger partial charge in [-0.1, -0.05) is 29.3 Å². The van der Waals surface area contributed by atoms with E-state index >= 15 is 0 Å². The lowest BCUT2D eigenvalue weighted by atomic mass is 10.1. The van der Waals surface area contributed by atoms with Crippen molar-refractivity contribution < 1.29 is 14.3 Å². The zero-order chi connectivity index (χ0) is 16.3. The normalized spacial score (nSPS) is 10.2. The van der Waals surface area contributed by atoms with Crippen molar-refractivity contribution in [2.45, 2.75) is 6.92 Å². The molecule has 2 aromatic carbocycles. The van der Waals surface area contributed by atoms with Crippen molar-refractivity contribution in [3.8, 4) is 11.5 Å². The van der Waals surface area contributed by atoms with Crippen LogP contribution in [0.4, 0.5) is 5.69 Å². The Kier molecular flexibility index (Phi) is 5.16.